The van der Waals surface area contributed by atoms with Gasteiger partial charge in [-0.1, -0.05) is 0 Å². The molecule has 1 amide bonds. The van der Waals surface area contributed by atoms with Crippen molar-refractivity contribution in [2.45, 2.75) is 39.2 Å². The molecule has 0 aromatic heterocycles. The van der Waals surface area contributed by atoms with Gasteiger partial charge in [0.05, 0.1) is 0 Å². The van der Waals surface area contributed by atoms with Crippen LogP contribution in [-0.4, -0.2) is 18.0 Å². The second kappa shape index (κ2) is 5.11. The molecule has 0 radical (unpaired) electrons. The Labute approximate surface area is 73.9 Å². The van der Waals surface area contributed by atoms with Gasteiger partial charge in [-0.15, -0.1) is 0 Å². The Morgan fingerprint density at radius 1 is 1.42 bits per heavy atom. The molecule has 72 valence electrons. The van der Waals surface area contributed by atoms with E-state index in [1.54, 1.807) is 0 Å². The molecule has 0 bridgehead atoms. The second-order valence-corrected chi connectivity index (χ2v) is 3.85. The largest absolute Gasteiger partial charge is 0.312 e. The lowest BCUT2D eigenvalue weighted by molar-refractivity contribution is -0.121. The van der Waals surface area contributed by atoms with Gasteiger partial charge in [0.25, 0.3) is 0 Å². The molecule has 0 spiro atoms. The summed E-state index contributed by atoms with van der Waals surface area (Å²) >= 11 is 0. The maximum atomic E-state index is 10.7. The summed E-state index contributed by atoms with van der Waals surface area (Å²) in [5.74, 6) is 4.81. The Balaban J connectivity index is 3.28. The highest BCUT2D eigenvalue weighted by atomic mass is 16.2. The number of carbonyl (C=O) groups excluding carboxylic acids is 1. The van der Waals surface area contributed by atoms with Crippen LogP contribution in [0.4, 0.5) is 0 Å². The van der Waals surface area contributed by atoms with Crippen molar-refractivity contribution in [3.63, 3.8) is 0 Å². The SMILES string of the molecule is CC(C)(C)NCCCC(=O)NN. The number of nitrogens with two attached hydrogens (primary N) is 1. The first kappa shape index (κ1) is 11.4. The van der Waals surface area contributed by atoms with Crippen molar-refractivity contribution in [1.82, 2.24) is 10.7 Å². The first-order chi connectivity index (χ1) is 5.45. The molecule has 0 saturated heterocycles. The summed E-state index contributed by atoms with van der Waals surface area (Å²) < 4.78 is 0. The zero-order valence-electron chi connectivity index (χ0n) is 8.11. The minimum Gasteiger partial charge on any atom is -0.312 e. The van der Waals surface area contributed by atoms with Gasteiger partial charge < -0.3 is 5.32 Å². The van der Waals surface area contributed by atoms with Crippen LogP contribution in [0.5, 0.6) is 0 Å². The number of hydrogen-bond donors (Lipinski definition) is 3. The lowest BCUT2D eigenvalue weighted by Gasteiger charge is -2.20. The molecule has 0 aliphatic carbocycles. The first-order valence-electron chi connectivity index (χ1n) is 4.20. The van der Waals surface area contributed by atoms with Crippen LogP contribution in [0.1, 0.15) is 33.6 Å². The van der Waals surface area contributed by atoms with Crippen molar-refractivity contribution >= 4 is 5.91 Å². The molecule has 0 aliphatic rings. The molecule has 0 heterocycles. The van der Waals surface area contributed by atoms with Crippen molar-refractivity contribution in [3.05, 3.63) is 0 Å². The van der Waals surface area contributed by atoms with Crippen LogP contribution in [0.25, 0.3) is 0 Å². The molecule has 0 fully saturated rings. The molecular weight excluding hydrogens is 154 g/mol. The summed E-state index contributed by atoms with van der Waals surface area (Å²) in [7, 11) is 0. The quantitative estimate of drug-likeness (QED) is 0.245. The van der Waals surface area contributed by atoms with Gasteiger partial charge in [0.1, 0.15) is 0 Å². The minimum absolute atomic E-state index is 0.106. The molecular formula is C8H19N3O. The monoisotopic (exact) mass is 173 g/mol. The fourth-order valence-electron chi connectivity index (χ4n) is 0.785. The van der Waals surface area contributed by atoms with Gasteiger partial charge >= 0.3 is 0 Å². The molecule has 0 atom stereocenters. The van der Waals surface area contributed by atoms with Crippen LogP contribution >= 0.6 is 0 Å². The van der Waals surface area contributed by atoms with Gasteiger partial charge in [0.2, 0.25) is 5.91 Å². The van der Waals surface area contributed by atoms with E-state index in [2.05, 4.69) is 31.5 Å². The van der Waals surface area contributed by atoms with E-state index < -0.39 is 0 Å². The highest BCUT2D eigenvalue weighted by Gasteiger charge is 2.07. The van der Waals surface area contributed by atoms with E-state index in [-0.39, 0.29) is 11.4 Å². The molecule has 0 saturated carbocycles. The molecule has 0 unspecified atom stereocenters. The predicted octanol–water partition coefficient (Wildman–Crippen LogP) is 0.145. The van der Waals surface area contributed by atoms with E-state index in [1.165, 1.54) is 0 Å². The number of rotatable bonds is 4. The summed E-state index contributed by atoms with van der Waals surface area (Å²) in [6.07, 6.45) is 1.31. The number of amides is 1. The van der Waals surface area contributed by atoms with E-state index in [1.807, 2.05) is 0 Å². The van der Waals surface area contributed by atoms with Crippen molar-refractivity contribution in [2.24, 2.45) is 5.84 Å². The van der Waals surface area contributed by atoms with Crippen LogP contribution < -0.4 is 16.6 Å². The predicted molar refractivity (Wildman–Crippen MR) is 49.3 cm³/mol. The summed E-state index contributed by atoms with van der Waals surface area (Å²) in [4.78, 5) is 10.7. The number of hydrazine groups is 1. The number of nitrogens with one attached hydrogen (secondary N) is 2. The third-order valence-corrected chi connectivity index (χ3v) is 1.40. The van der Waals surface area contributed by atoms with Crippen molar-refractivity contribution in [3.8, 4) is 0 Å². The van der Waals surface area contributed by atoms with E-state index in [9.17, 15) is 4.79 Å². The Morgan fingerprint density at radius 2 is 2.00 bits per heavy atom. The topological polar surface area (TPSA) is 67.2 Å². The molecule has 0 rings (SSSR count). The molecule has 0 aromatic carbocycles. The van der Waals surface area contributed by atoms with Gasteiger partial charge in [0.15, 0.2) is 0 Å². The molecule has 0 aromatic rings. The standard InChI is InChI=1S/C8H19N3O/c1-8(2,3)10-6-4-5-7(12)11-9/h10H,4-6,9H2,1-3H3,(H,11,12). The fourth-order valence-corrected chi connectivity index (χ4v) is 0.785. The smallest absolute Gasteiger partial charge is 0.233 e. The Morgan fingerprint density at radius 3 is 2.42 bits per heavy atom. The molecule has 4 nitrogen and oxygen atoms in total. The molecule has 0 aliphatic heterocycles. The van der Waals surface area contributed by atoms with Crippen LogP contribution in [0.15, 0.2) is 0 Å². The van der Waals surface area contributed by atoms with Gasteiger partial charge in [-0.05, 0) is 33.7 Å². The van der Waals surface area contributed by atoms with Crippen LogP contribution in [0.2, 0.25) is 0 Å². The molecule has 12 heavy (non-hydrogen) atoms. The van der Waals surface area contributed by atoms with Crippen LogP contribution in [0.3, 0.4) is 0 Å². The zero-order chi connectivity index (χ0) is 9.61. The van der Waals surface area contributed by atoms with E-state index in [4.69, 9.17) is 5.84 Å². The third kappa shape index (κ3) is 7.50. The maximum absolute atomic E-state index is 10.7. The van der Waals surface area contributed by atoms with Crippen LogP contribution in [-0.2, 0) is 4.79 Å². The fraction of sp³-hybridized carbons (Fsp3) is 0.875. The van der Waals surface area contributed by atoms with Gasteiger partial charge in [-0.3, -0.25) is 10.2 Å². The summed E-state index contributed by atoms with van der Waals surface area (Å²) in [5.41, 5.74) is 2.22. The van der Waals surface area contributed by atoms with Crippen molar-refractivity contribution < 1.29 is 4.79 Å². The van der Waals surface area contributed by atoms with E-state index >= 15 is 0 Å². The third-order valence-electron chi connectivity index (χ3n) is 1.40. The molecule has 4 N–H and O–H groups in total. The average molecular weight is 173 g/mol. The normalized spacial score (nSPS) is 11.3. The zero-order valence-corrected chi connectivity index (χ0v) is 8.11. The average Bonchev–Trinajstić information content (AvgIpc) is 1.96. The number of carbonyl (C=O) groups is 1. The molecule has 4 heteroatoms. The van der Waals surface area contributed by atoms with Crippen LogP contribution in [0, 0.1) is 0 Å². The maximum Gasteiger partial charge on any atom is 0.233 e. The Kier molecular flexibility index (Phi) is 4.85. The first-order valence-corrected chi connectivity index (χ1v) is 4.20. The lowest BCUT2D eigenvalue weighted by Crippen LogP contribution is -2.37. The van der Waals surface area contributed by atoms with Gasteiger partial charge in [-0.2, -0.15) is 0 Å². The van der Waals surface area contributed by atoms with Gasteiger partial charge in [-0.25, -0.2) is 5.84 Å². The minimum atomic E-state index is -0.106. The Bertz CT molecular complexity index is 140. The van der Waals surface area contributed by atoms with E-state index in [0.717, 1.165) is 13.0 Å². The summed E-state index contributed by atoms with van der Waals surface area (Å²) in [5, 5.41) is 3.28. The second-order valence-electron chi connectivity index (χ2n) is 3.85. The highest BCUT2D eigenvalue weighted by molar-refractivity contribution is 5.75. The van der Waals surface area contributed by atoms with Crippen molar-refractivity contribution in [1.29, 1.82) is 0 Å². The highest BCUT2D eigenvalue weighted by Crippen LogP contribution is 1.98. The number of hydrogen-bond acceptors (Lipinski definition) is 3. The van der Waals surface area contributed by atoms with Gasteiger partial charge in [0, 0.05) is 12.0 Å². The lowest BCUT2D eigenvalue weighted by atomic mass is 10.1. The Hall–Kier alpha value is -0.610. The van der Waals surface area contributed by atoms with Crippen molar-refractivity contribution in [2.75, 3.05) is 6.54 Å². The van der Waals surface area contributed by atoms with E-state index in [0.29, 0.717) is 6.42 Å². The summed E-state index contributed by atoms with van der Waals surface area (Å²) in [6.45, 7) is 7.12. The summed E-state index contributed by atoms with van der Waals surface area (Å²) in [6, 6.07) is 0.